The van der Waals surface area contributed by atoms with Gasteiger partial charge in [0.15, 0.2) is 5.78 Å². The highest BCUT2D eigenvalue weighted by Crippen LogP contribution is 2.40. The second-order valence-corrected chi connectivity index (χ2v) is 4.58. The number of benzene rings is 1. The van der Waals surface area contributed by atoms with Crippen LogP contribution in [0.4, 0.5) is 0 Å². The minimum absolute atomic E-state index is 0.0440. The Morgan fingerprint density at radius 3 is 2.78 bits per heavy atom. The molecule has 0 saturated heterocycles. The number of allylic oxidation sites excluding steroid dienone is 4. The van der Waals surface area contributed by atoms with Crippen LogP contribution in [-0.4, -0.2) is 5.78 Å². The van der Waals surface area contributed by atoms with Gasteiger partial charge in [-0.1, -0.05) is 28.1 Å². The van der Waals surface area contributed by atoms with Crippen molar-refractivity contribution in [1.29, 1.82) is 5.26 Å². The summed E-state index contributed by atoms with van der Waals surface area (Å²) in [4.78, 5) is 15.4. The Bertz CT molecular complexity index is 683. The first-order chi connectivity index (χ1) is 8.63. The molecular formula is C14H7BrN2O. The van der Waals surface area contributed by atoms with Gasteiger partial charge in [0.2, 0.25) is 0 Å². The molecular weight excluding hydrogens is 292 g/mol. The van der Waals surface area contributed by atoms with Crippen LogP contribution < -0.4 is 0 Å². The van der Waals surface area contributed by atoms with Crippen molar-refractivity contribution in [1.82, 2.24) is 0 Å². The molecule has 86 valence electrons. The molecule has 18 heavy (non-hydrogen) atoms. The van der Waals surface area contributed by atoms with Gasteiger partial charge in [-0.3, -0.25) is 4.79 Å². The lowest BCUT2D eigenvalue weighted by atomic mass is 10.0. The molecule has 1 aromatic rings. The first-order valence-electron chi connectivity index (χ1n) is 5.17. The van der Waals surface area contributed by atoms with Crippen LogP contribution in [0.3, 0.4) is 0 Å². The number of Topliss-reactive ketones (excluding diaryl/α,β-unsaturated/α-hetero) is 1. The molecule has 0 fully saturated rings. The van der Waals surface area contributed by atoms with Gasteiger partial charge in [-0.2, -0.15) is 0 Å². The van der Waals surface area contributed by atoms with E-state index in [1.165, 1.54) is 0 Å². The Morgan fingerprint density at radius 2 is 2.22 bits per heavy atom. The van der Waals surface area contributed by atoms with E-state index in [2.05, 4.69) is 20.8 Å². The van der Waals surface area contributed by atoms with E-state index >= 15 is 0 Å². The van der Waals surface area contributed by atoms with Crippen LogP contribution in [0.5, 0.6) is 0 Å². The van der Waals surface area contributed by atoms with E-state index in [4.69, 9.17) is 11.8 Å². The summed E-state index contributed by atoms with van der Waals surface area (Å²) < 4.78 is 0.799. The maximum atomic E-state index is 12.2. The molecule has 0 spiro atoms. The lowest BCUT2D eigenvalue weighted by Crippen LogP contribution is -1.94. The molecule has 3 nitrogen and oxygen atoms in total. The first kappa shape index (κ1) is 12.3. The maximum absolute atomic E-state index is 12.2. The third-order valence-electron chi connectivity index (χ3n) is 2.75. The highest BCUT2D eigenvalue weighted by molar-refractivity contribution is 9.10. The molecule has 0 amide bonds. The number of carbonyl (C=O) groups excluding carboxylic acids is 1. The largest absolute Gasteiger partial charge is 0.289 e. The number of hydrogen-bond donors (Lipinski definition) is 0. The molecule has 0 bridgehead atoms. The van der Waals surface area contributed by atoms with Crippen LogP contribution >= 0.6 is 15.9 Å². The standard InChI is InChI=1S/C14H7BrN2O/c1-3-9-13(12(7-16)17-2)10-5-4-8(15)6-11(10)14(9)18/h3-6H,1H3/b9-3-,13-12?. The van der Waals surface area contributed by atoms with Crippen molar-refractivity contribution < 1.29 is 4.79 Å². The summed E-state index contributed by atoms with van der Waals surface area (Å²) >= 11 is 3.31. The summed E-state index contributed by atoms with van der Waals surface area (Å²) in [6.07, 6.45) is 1.65. The number of ketones is 1. The van der Waals surface area contributed by atoms with Crippen LogP contribution in [0.2, 0.25) is 0 Å². The molecule has 0 radical (unpaired) electrons. The molecule has 1 aromatic carbocycles. The summed E-state index contributed by atoms with van der Waals surface area (Å²) in [5, 5.41) is 9.00. The molecule has 2 rings (SSSR count). The molecule has 0 aliphatic heterocycles. The summed E-state index contributed by atoms with van der Waals surface area (Å²) in [7, 11) is 0. The van der Waals surface area contributed by atoms with Gasteiger partial charge in [0.1, 0.15) is 0 Å². The minimum Gasteiger partial charge on any atom is -0.289 e. The number of fused-ring (bicyclic) bond motifs is 1. The molecule has 1 aliphatic carbocycles. The average molecular weight is 299 g/mol. The average Bonchev–Trinajstić information content (AvgIpc) is 2.64. The Kier molecular flexibility index (Phi) is 3.14. The fourth-order valence-electron chi connectivity index (χ4n) is 1.99. The minimum atomic E-state index is -0.139. The Hall–Kier alpha value is -2.17. The van der Waals surface area contributed by atoms with Gasteiger partial charge in [0.25, 0.3) is 5.70 Å². The second kappa shape index (κ2) is 4.60. The van der Waals surface area contributed by atoms with Crippen molar-refractivity contribution in [2.45, 2.75) is 6.92 Å². The van der Waals surface area contributed by atoms with Gasteiger partial charge in [-0.25, -0.2) is 10.1 Å². The summed E-state index contributed by atoms with van der Waals surface area (Å²) in [5.74, 6) is -0.139. The maximum Gasteiger partial charge on any atom is 0.270 e. The SMILES string of the molecule is [C-]#[N+]C(C#N)=C1/C(=C/C)C(=O)c2cc(Br)ccc21. The van der Waals surface area contributed by atoms with Crippen LogP contribution in [-0.2, 0) is 0 Å². The van der Waals surface area contributed by atoms with Gasteiger partial charge in [-0.15, -0.1) is 0 Å². The zero-order valence-corrected chi connectivity index (χ0v) is 11.1. The summed E-state index contributed by atoms with van der Waals surface area (Å²) in [6.45, 7) is 8.77. The number of nitrogens with zero attached hydrogens (tertiary/aromatic N) is 2. The Labute approximate surface area is 113 Å². The summed E-state index contributed by atoms with van der Waals surface area (Å²) in [6, 6.07) is 7.12. The molecule has 1 aliphatic rings. The van der Waals surface area contributed by atoms with Crippen LogP contribution in [0.25, 0.3) is 10.4 Å². The van der Waals surface area contributed by atoms with Crippen molar-refractivity contribution >= 4 is 27.3 Å². The van der Waals surface area contributed by atoms with E-state index in [0.717, 1.165) is 4.47 Å². The van der Waals surface area contributed by atoms with Crippen LogP contribution in [0, 0.1) is 17.9 Å². The smallest absolute Gasteiger partial charge is 0.270 e. The normalized spacial score (nSPS) is 18.2. The van der Waals surface area contributed by atoms with E-state index in [1.54, 1.807) is 31.2 Å². The predicted octanol–water partition coefficient (Wildman–Crippen LogP) is 3.75. The van der Waals surface area contributed by atoms with Gasteiger partial charge in [-0.05, 0) is 24.6 Å². The fourth-order valence-corrected chi connectivity index (χ4v) is 2.35. The number of halogens is 1. The zero-order chi connectivity index (χ0) is 13.3. The molecule has 0 heterocycles. The Morgan fingerprint density at radius 1 is 1.50 bits per heavy atom. The third kappa shape index (κ3) is 1.68. The summed E-state index contributed by atoms with van der Waals surface area (Å²) in [5.41, 5.74) is 2.02. The van der Waals surface area contributed by atoms with Crippen molar-refractivity contribution in [3.05, 3.63) is 62.6 Å². The number of hydrogen-bond acceptors (Lipinski definition) is 2. The third-order valence-corrected chi connectivity index (χ3v) is 3.25. The number of nitriles is 1. The van der Waals surface area contributed by atoms with Crippen LogP contribution in [0.1, 0.15) is 22.8 Å². The van der Waals surface area contributed by atoms with Crippen molar-refractivity contribution in [2.75, 3.05) is 0 Å². The zero-order valence-electron chi connectivity index (χ0n) is 9.49. The molecule has 0 saturated carbocycles. The molecule has 0 unspecified atom stereocenters. The number of carbonyl (C=O) groups is 1. The predicted molar refractivity (Wildman–Crippen MR) is 71.4 cm³/mol. The molecule has 0 aromatic heterocycles. The van der Waals surface area contributed by atoms with Crippen molar-refractivity contribution in [3.8, 4) is 6.07 Å². The monoisotopic (exact) mass is 298 g/mol. The fraction of sp³-hybridized carbons (Fsp3) is 0.0714. The quantitative estimate of drug-likeness (QED) is 0.416. The van der Waals surface area contributed by atoms with E-state index < -0.39 is 0 Å². The molecule has 0 atom stereocenters. The number of rotatable bonds is 0. The van der Waals surface area contributed by atoms with Crippen LogP contribution in [0.15, 0.2) is 40.0 Å². The van der Waals surface area contributed by atoms with Gasteiger partial charge >= 0.3 is 0 Å². The lowest BCUT2D eigenvalue weighted by molar-refractivity contribution is 0.104. The topological polar surface area (TPSA) is 45.2 Å². The van der Waals surface area contributed by atoms with E-state index in [1.807, 2.05) is 6.07 Å². The van der Waals surface area contributed by atoms with E-state index in [9.17, 15) is 4.79 Å². The first-order valence-corrected chi connectivity index (χ1v) is 5.96. The van der Waals surface area contributed by atoms with Gasteiger partial charge in [0.05, 0.1) is 12.6 Å². The van der Waals surface area contributed by atoms with Crippen molar-refractivity contribution in [3.63, 3.8) is 0 Å². The Balaban J connectivity index is 2.87. The second-order valence-electron chi connectivity index (χ2n) is 3.67. The van der Waals surface area contributed by atoms with E-state index in [0.29, 0.717) is 22.3 Å². The highest BCUT2D eigenvalue weighted by Gasteiger charge is 2.31. The van der Waals surface area contributed by atoms with Gasteiger partial charge < -0.3 is 0 Å². The lowest BCUT2D eigenvalue weighted by Gasteiger charge is -2.01. The highest BCUT2D eigenvalue weighted by atomic mass is 79.9. The van der Waals surface area contributed by atoms with Gasteiger partial charge in [0, 0.05) is 21.2 Å². The van der Waals surface area contributed by atoms with E-state index in [-0.39, 0.29) is 11.5 Å². The van der Waals surface area contributed by atoms with Crippen molar-refractivity contribution in [2.24, 2.45) is 0 Å². The molecule has 4 heteroatoms. The molecule has 0 N–H and O–H groups in total.